The number of methoxy groups -OCH3 is 1. The predicted molar refractivity (Wildman–Crippen MR) is 96.1 cm³/mol. The Hall–Kier alpha value is -2.97. The van der Waals surface area contributed by atoms with Crippen molar-refractivity contribution in [3.8, 4) is 11.3 Å². The molecule has 1 aliphatic rings. The summed E-state index contributed by atoms with van der Waals surface area (Å²) in [6, 6.07) is 10.3. The van der Waals surface area contributed by atoms with Crippen LogP contribution in [0, 0.1) is 0 Å². The summed E-state index contributed by atoms with van der Waals surface area (Å²) in [6.07, 6.45) is 1.46. The van der Waals surface area contributed by atoms with Crippen LogP contribution in [0.25, 0.3) is 11.3 Å². The monoisotopic (exact) mass is 372 g/mol. The number of nitrogens with zero attached hydrogens (tertiary/aromatic N) is 1. The van der Waals surface area contributed by atoms with E-state index in [-0.39, 0.29) is 12.3 Å². The van der Waals surface area contributed by atoms with E-state index in [2.05, 4.69) is 15.3 Å². The highest BCUT2D eigenvalue weighted by molar-refractivity contribution is 5.90. The Morgan fingerprint density at radius 2 is 1.89 bits per heavy atom. The van der Waals surface area contributed by atoms with Crippen molar-refractivity contribution in [2.45, 2.75) is 19.1 Å². The van der Waals surface area contributed by atoms with E-state index in [1.54, 1.807) is 43.3 Å². The molecule has 0 atom stereocenters. The number of benzene rings is 1. The van der Waals surface area contributed by atoms with Crippen LogP contribution in [0.2, 0.25) is 0 Å². The molecule has 142 valence electrons. The first-order chi connectivity index (χ1) is 13.0. The summed E-state index contributed by atoms with van der Waals surface area (Å²) < 4.78 is 21.1. The molecule has 0 unspecified atom stereocenters. The number of hydrogen-bond acceptors (Lipinski definition) is 7. The molecular formula is C19H20N2O6. The first-order valence-electron chi connectivity index (χ1n) is 8.37. The molecule has 0 radical (unpaired) electrons. The summed E-state index contributed by atoms with van der Waals surface area (Å²) in [7, 11) is 1.33. The number of nitrogens with one attached hydrogen (secondary N) is 1. The molecule has 2 aromatic rings. The minimum atomic E-state index is -0.895. The molecule has 1 fully saturated rings. The van der Waals surface area contributed by atoms with Gasteiger partial charge < -0.3 is 18.6 Å². The van der Waals surface area contributed by atoms with E-state index in [9.17, 15) is 9.59 Å². The number of rotatable bonds is 6. The lowest BCUT2D eigenvalue weighted by molar-refractivity contribution is -0.159. The smallest absolute Gasteiger partial charge is 0.337 e. The van der Waals surface area contributed by atoms with Gasteiger partial charge in [-0.1, -0.05) is 12.1 Å². The Bertz CT molecular complexity index is 834. The van der Waals surface area contributed by atoms with E-state index in [1.165, 1.54) is 13.3 Å². The molecule has 0 saturated carbocycles. The lowest BCUT2D eigenvalue weighted by Crippen LogP contribution is -2.33. The Morgan fingerprint density at radius 1 is 1.19 bits per heavy atom. The standard InChI is InChI=1S/C19H20N2O6/c1-19(25-9-10-26-19)11-17(22)21-20-12-15-7-8-16(27-15)13-3-5-14(6-4-13)18(23)24-2/h3-8,12H,9-11H2,1-2H3,(H,21,22)/b20-12-. The van der Waals surface area contributed by atoms with Crippen LogP contribution < -0.4 is 5.43 Å². The number of esters is 1. The van der Waals surface area contributed by atoms with Crippen molar-refractivity contribution < 1.29 is 28.2 Å². The Labute approximate surface area is 156 Å². The number of amides is 1. The van der Waals surface area contributed by atoms with Gasteiger partial charge in [-0.3, -0.25) is 4.79 Å². The van der Waals surface area contributed by atoms with Gasteiger partial charge in [0.15, 0.2) is 5.79 Å². The number of hydrazone groups is 1. The van der Waals surface area contributed by atoms with Crippen molar-refractivity contribution in [3.63, 3.8) is 0 Å². The fraction of sp³-hybridized carbons (Fsp3) is 0.316. The van der Waals surface area contributed by atoms with Gasteiger partial charge in [-0.2, -0.15) is 5.10 Å². The van der Waals surface area contributed by atoms with Gasteiger partial charge in [0.25, 0.3) is 0 Å². The Balaban J connectivity index is 1.56. The zero-order chi connectivity index (χ0) is 19.3. The molecule has 1 N–H and O–H groups in total. The average Bonchev–Trinajstić information content (AvgIpc) is 3.30. The maximum absolute atomic E-state index is 11.9. The SMILES string of the molecule is COC(=O)c1ccc(-c2ccc(/C=N\NC(=O)CC3(C)OCCO3)o2)cc1. The number of hydrogen-bond donors (Lipinski definition) is 1. The zero-order valence-electron chi connectivity index (χ0n) is 15.1. The molecule has 8 heteroatoms. The van der Waals surface area contributed by atoms with Crippen LogP contribution in [-0.4, -0.2) is 44.2 Å². The third-order valence-corrected chi connectivity index (χ3v) is 3.98. The summed E-state index contributed by atoms with van der Waals surface area (Å²) in [5, 5.41) is 3.88. The molecular weight excluding hydrogens is 352 g/mol. The first-order valence-corrected chi connectivity index (χ1v) is 8.37. The minimum Gasteiger partial charge on any atom is -0.465 e. The van der Waals surface area contributed by atoms with Crippen LogP contribution in [0.4, 0.5) is 0 Å². The largest absolute Gasteiger partial charge is 0.465 e. The van der Waals surface area contributed by atoms with E-state index in [0.29, 0.717) is 30.3 Å². The highest BCUT2D eigenvalue weighted by Crippen LogP contribution is 2.23. The van der Waals surface area contributed by atoms with Crippen LogP contribution in [0.15, 0.2) is 45.9 Å². The van der Waals surface area contributed by atoms with Gasteiger partial charge in [-0.25, -0.2) is 10.2 Å². The van der Waals surface area contributed by atoms with Crippen molar-refractivity contribution in [1.82, 2.24) is 5.43 Å². The normalized spacial score (nSPS) is 15.8. The molecule has 1 aromatic heterocycles. The molecule has 27 heavy (non-hydrogen) atoms. The second kappa shape index (κ2) is 8.15. The van der Waals surface area contributed by atoms with Gasteiger partial charge in [-0.05, 0) is 31.2 Å². The van der Waals surface area contributed by atoms with E-state index in [4.69, 9.17) is 13.9 Å². The van der Waals surface area contributed by atoms with Crippen LogP contribution in [0.1, 0.15) is 29.5 Å². The second-order valence-electron chi connectivity index (χ2n) is 6.07. The molecule has 0 aliphatic carbocycles. The van der Waals surface area contributed by atoms with E-state index in [1.807, 2.05) is 0 Å². The summed E-state index contributed by atoms with van der Waals surface area (Å²) >= 11 is 0. The molecule has 0 spiro atoms. The lowest BCUT2D eigenvalue weighted by Gasteiger charge is -2.20. The fourth-order valence-corrected chi connectivity index (χ4v) is 2.62. The fourth-order valence-electron chi connectivity index (χ4n) is 2.62. The van der Waals surface area contributed by atoms with Gasteiger partial charge in [0, 0.05) is 5.56 Å². The Morgan fingerprint density at radius 3 is 2.56 bits per heavy atom. The zero-order valence-corrected chi connectivity index (χ0v) is 15.1. The molecule has 1 aliphatic heterocycles. The van der Waals surface area contributed by atoms with Crippen LogP contribution in [0.5, 0.6) is 0 Å². The quantitative estimate of drug-likeness (QED) is 0.475. The maximum Gasteiger partial charge on any atom is 0.337 e. The molecule has 2 heterocycles. The van der Waals surface area contributed by atoms with Gasteiger partial charge >= 0.3 is 5.97 Å². The lowest BCUT2D eigenvalue weighted by atomic mass is 10.1. The van der Waals surface area contributed by atoms with Crippen molar-refractivity contribution in [2.24, 2.45) is 5.10 Å². The van der Waals surface area contributed by atoms with Gasteiger partial charge in [0.1, 0.15) is 11.5 Å². The predicted octanol–water partition coefficient (Wildman–Crippen LogP) is 2.34. The number of carbonyl (C=O) groups excluding carboxylic acids is 2. The third kappa shape index (κ3) is 4.81. The van der Waals surface area contributed by atoms with Gasteiger partial charge in [-0.15, -0.1) is 0 Å². The van der Waals surface area contributed by atoms with Crippen LogP contribution in [-0.2, 0) is 19.0 Å². The van der Waals surface area contributed by atoms with Gasteiger partial charge in [0.05, 0.1) is 38.5 Å². The molecule has 1 saturated heterocycles. The molecule has 3 rings (SSSR count). The summed E-state index contributed by atoms with van der Waals surface area (Å²) in [4.78, 5) is 23.3. The third-order valence-electron chi connectivity index (χ3n) is 3.98. The van der Waals surface area contributed by atoms with E-state index in [0.717, 1.165) is 5.56 Å². The number of carbonyl (C=O) groups is 2. The highest BCUT2D eigenvalue weighted by atomic mass is 16.7. The second-order valence-corrected chi connectivity index (χ2v) is 6.07. The minimum absolute atomic E-state index is 0.0558. The van der Waals surface area contributed by atoms with E-state index < -0.39 is 11.8 Å². The number of ether oxygens (including phenoxy) is 3. The van der Waals surface area contributed by atoms with E-state index >= 15 is 0 Å². The average molecular weight is 372 g/mol. The molecule has 1 aromatic carbocycles. The van der Waals surface area contributed by atoms with Gasteiger partial charge in [0.2, 0.25) is 5.91 Å². The maximum atomic E-state index is 11.9. The highest BCUT2D eigenvalue weighted by Gasteiger charge is 2.33. The molecule has 8 nitrogen and oxygen atoms in total. The van der Waals surface area contributed by atoms with Crippen molar-refractivity contribution >= 4 is 18.1 Å². The Kier molecular flexibility index (Phi) is 5.68. The summed E-state index contributed by atoms with van der Waals surface area (Å²) in [6.45, 7) is 2.67. The van der Waals surface area contributed by atoms with Crippen LogP contribution >= 0.6 is 0 Å². The topological polar surface area (TPSA) is 99.4 Å². The van der Waals surface area contributed by atoms with Crippen molar-refractivity contribution in [3.05, 3.63) is 47.7 Å². The summed E-state index contributed by atoms with van der Waals surface area (Å²) in [5.41, 5.74) is 3.68. The molecule has 1 amide bonds. The van der Waals surface area contributed by atoms with Crippen molar-refractivity contribution in [2.75, 3.05) is 20.3 Å². The molecule has 0 bridgehead atoms. The first kappa shape index (κ1) is 18.8. The van der Waals surface area contributed by atoms with Crippen molar-refractivity contribution in [1.29, 1.82) is 0 Å². The van der Waals surface area contributed by atoms with Crippen LogP contribution in [0.3, 0.4) is 0 Å². The summed E-state index contributed by atoms with van der Waals surface area (Å²) in [5.74, 6) is -0.526. The number of furan rings is 1.